The first-order valence-corrected chi connectivity index (χ1v) is 4.36. The fourth-order valence-corrected chi connectivity index (χ4v) is 1.19. The van der Waals surface area contributed by atoms with Gasteiger partial charge in [-0.25, -0.2) is 15.0 Å². The number of aromatic nitrogens is 4. The van der Waals surface area contributed by atoms with Crippen molar-refractivity contribution in [3.8, 4) is 0 Å². The van der Waals surface area contributed by atoms with Crippen LogP contribution in [0.4, 0.5) is 5.82 Å². The average molecular weight is 206 g/mol. The van der Waals surface area contributed by atoms with Crippen LogP contribution in [0.25, 0.3) is 11.2 Å². The number of amides is 1. The molecule has 0 fully saturated rings. The standard InChI is InChI=1S/C8H10N6O/c1-4-11-6-7(12-4)9-3-10-8(6)14-13-5(2)15/h3H,1-2H3,(H,13,15)(H2,9,10,11,12,14). The molecule has 0 spiro atoms. The molecule has 0 radical (unpaired) electrons. The molecule has 7 heteroatoms. The summed E-state index contributed by atoms with van der Waals surface area (Å²) < 4.78 is 0. The smallest absolute Gasteiger partial charge is 0.235 e. The maximum Gasteiger partial charge on any atom is 0.235 e. The molecule has 2 aromatic rings. The number of hydrazine groups is 1. The highest BCUT2D eigenvalue weighted by molar-refractivity contribution is 5.84. The molecule has 2 heterocycles. The summed E-state index contributed by atoms with van der Waals surface area (Å²) in [6, 6.07) is 0. The maximum absolute atomic E-state index is 10.7. The molecular weight excluding hydrogens is 196 g/mol. The van der Waals surface area contributed by atoms with Crippen molar-refractivity contribution >= 4 is 22.9 Å². The van der Waals surface area contributed by atoms with E-state index in [0.29, 0.717) is 17.0 Å². The van der Waals surface area contributed by atoms with Crippen LogP contribution in [0, 0.1) is 6.92 Å². The first kappa shape index (κ1) is 9.38. The summed E-state index contributed by atoms with van der Waals surface area (Å²) in [5.41, 5.74) is 6.35. The molecule has 1 amide bonds. The number of fused-ring (bicyclic) bond motifs is 1. The number of carbonyl (C=O) groups is 1. The number of hydrogen-bond acceptors (Lipinski definition) is 5. The number of nitrogens with one attached hydrogen (secondary N) is 3. The van der Waals surface area contributed by atoms with Crippen LogP contribution in [0.1, 0.15) is 12.7 Å². The van der Waals surface area contributed by atoms with Crippen LogP contribution < -0.4 is 10.9 Å². The van der Waals surface area contributed by atoms with Gasteiger partial charge in [-0.15, -0.1) is 0 Å². The Morgan fingerprint density at radius 3 is 3.00 bits per heavy atom. The molecule has 0 atom stereocenters. The second-order valence-corrected chi connectivity index (χ2v) is 3.05. The average Bonchev–Trinajstić information content (AvgIpc) is 2.55. The largest absolute Gasteiger partial charge is 0.338 e. The topological polar surface area (TPSA) is 95.6 Å². The molecule has 0 aliphatic heterocycles. The third kappa shape index (κ3) is 1.85. The van der Waals surface area contributed by atoms with Crippen LogP contribution >= 0.6 is 0 Å². The van der Waals surface area contributed by atoms with E-state index in [9.17, 15) is 4.79 Å². The number of carbonyl (C=O) groups excluding carboxylic acids is 1. The molecule has 0 unspecified atom stereocenters. The molecule has 0 bridgehead atoms. The van der Waals surface area contributed by atoms with Crippen molar-refractivity contribution in [3.63, 3.8) is 0 Å². The second-order valence-electron chi connectivity index (χ2n) is 3.05. The Kier molecular flexibility index (Phi) is 2.20. The number of hydrogen-bond donors (Lipinski definition) is 3. The number of imidazole rings is 1. The third-order valence-corrected chi connectivity index (χ3v) is 1.76. The predicted molar refractivity (Wildman–Crippen MR) is 53.9 cm³/mol. The fraction of sp³-hybridized carbons (Fsp3) is 0.250. The molecule has 0 aromatic carbocycles. The molecule has 0 aliphatic rings. The zero-order valence-corrected chi connectivity index (χ0v) is 8.33. The van der Waals surface area contributed by atoms with E-state index in [0.717, 1.165) is 5.82 Å². The molecule has 2 rings (SSSR count). The van der Waals surface area contributed by atoms with Gasteiger partial charge in [0.1, 0.15) is 17.7 Å². The van der Waals surface area contributed by atoms with Crippen molar-refractivity contribution in [3.05, 3.63) is 12.2 Å². The molecule has 0 saturated carbocycles. The van der Waals surface area contributed by atoms with Crippen LogP contribution in [0.5, 0.6) is 0 Å². The van der Waals surface area contributed by atoms with E-state index in [4.69, 9.17) is 0 Å². The minimum absolute atomic E-state index is 0.196. The lowest BCUT2D eigenvalue weighted by Gasteiger charge is -2.04. The summed E-state index contributed by atoms with van der Waals surface area (Å²) in [5, 5.41) is 0. The van der Waals surface area contributed by atoms with E-state index >= 15 is 0 Å². The Morgan fingerprint density at radius 2 is 2.27 bits per heavy atom. The Bertz CT molecular complexity index is 505. The number of aryl methyl sites for hydroxylation is 1. The zero-order valence-electron chi connectivity index (χ0n) is 8.33. The molecule has 2 aromatic heterocycles. The van der Waals surface area contributed by atoms with Gasteiger partial charge in [0.05, 0.1) is 0 Å². The normalized spacial score (nSPS) is 10.3. The first-order valence-electron chi connectivity index (χ1n) is 4.36. The van der Waals surface area contributed by atoms with E-state index in [1.54, 1.807) is 0 Å². The van der Waals surface area contributed by atoms with Crippen LogP contribution in [0.2, 0.25) is 0 Å². The second kappa shape index (κ2) is 3.52. The monoisotopic (exact) mass is 206 g/mol. The summed E-state index contributed by atoms with van der Waals surface area (Å²) >= 11 is 0. The molecule has 3 N–H and O–H groups in total. The Morgan fingerprint density at radius 1 is 1.47 bits per heavy atom. The SMILES string of the molecule is CC(=O)NNc1ncnc2nc(C)[nH]c12. The van der Waals surface area contributed by atoms with Gasteiger partial charge in [-0.3, -0.25) is 15.6 Å². The Hall–Kier alpha value is -2.18. The number of H-pyrrole nitrogens is 1. The molecule has 15 heavy (non-hydrogen) atoms. The quantitative estimate of drug-likeness (QED) is 0.607. The van der Waals surface area contributed by atoms with E-state index in [-0.39, 0.29) is 5.91 Å². The van der Waals surface area contributed by atoms with Crippen molar-refractivity contribution in [2.45, 2.75) is 13.8 Å². The van der Waals surface area contributed by atoms with Gasteiger partial charge in [0.15, 0.2) is 11.5 Å². The van der Waals surface area contributed by atoms with Gasteiger partial charge in [0, 0.05) is 6.92 Å². The van der Waals surface area contributed by atoms with Gasteiger partial charge >= 0.3 is 0 Å². The highest BCUT2D eigenvalue weighted by Crippen LogP contribution is 2.14. The highest BCUT2D eigenvalue weighted by atomic mass is 16.2. The van der Waals surface area contributed by atoms with Crippen LogP contribution in [0.3, 0.4) is 0 Å². The lowest BCUT2D eigenvalue weighted by molar-refractivity contribution is -0.118. The number of nitrogens with zero attached hydrogens (tertiary/aromatic N) is 3. The molecule has 0 saturated heterocycles. The maximum atomic E-state index is 10.7. The lowest BCUT2D eigenvalue weighted by Crippen LogP contribution is -2.27. The van der Waals surface area contributed by atoms with E-state index in [2.05, 4.69) is 30.8 Å². The van der Waals surface area contributed by atoms with Gasteiger partial charge in [0.2, 0.25) is 5.91 Å². The van der Waals surface area contributed by atoms with Gasteiger partial charge < -0.3 is 4.98 Å². The van der Waals surface area contributed by atoms with Crippen LogP contribution in [-0.4, -0.2) is 25.8 Å². The van der Waals surface area contributed by atoms with E-state index in [1.165, 1.54) is 13.3 Å². The third-order valence-electron chi connectivity index (χ3n) is 1.76. The van der Waals surface area contributed by atoms with Crippen molar-refractivity contribution in [1.82, 2.24) is 25.4 Å². The van der Waals surface area contributed by atoms with Crippen molar-refractivity contribution in [1.29, 1.82) is 0 Å². The molecule has 78 valence electrons. The summed E-state index contributed by atoms with van der Waals surface area (Å²) in [5.74, 6) is 1.05. The Balaban J connectivity index is 2.37. The number of anilines is 1. The first-order chi connectivity index (χ1) is 7.16. The minimum Gasteiger partial charge on any atom is -0.338 e. The van der Waals surface area contributed by atoms with Crippen LogP contribution in [-0.2, 0) is 4.79 Å². The summed E-state index contributed by atoms with van der Waals surface area (Å²) in [6.45, 7) is 3.23. The number of aromatic amines is 1. The number of rotatable bonds is 2. The summed E-state index contributed by atoms with van der Waals surface area (Å²) in [4.78, 5) is 25.8. The zero-order chi connectivity index (χ0) is 10.8. The van der Waals surface area contributed by atoms with Gasteiger partial charge in [0.25, 0.3) is 0 Å². The van der Waals surface area contributed by atoms with Gasteiger partial charge in [-0.2, -0.15) is 0 Å². The molecular formula is C8H10N6O. The minimum atomic E-state index is -0.196. The summed E-state index contributed by atoms with van der Waals surface area (Å²) in [6.07, 6.45) is 1.38. The van der Waals surface area contributed by atoms with Gasteiger partial charge in [-0.05, 0) is 6.92 Å². The molecule has 0 aliphatic carbocycles. The van der Waals surface area contributed by atoms with E-state index < -0.39 is 0 Å². The predicted octanol–water partition coefficient (Wildman–Crippen LogP) is 0.124. The van der Waals surface area contributed by atoms with E-state index in [1.807, 2.05) is 6.92 Å². The van der Waals surface area contributed by atoms with Crippen molar-refractivity contribution in [2.24, 2.45) is 0 Å². The van der Waals surface area contributed by atoms with Crippen molar-refractivity contribution in [2.75, 3.05) is 5.43 Å². The van der Waals surface area contributed by atoms with Gasteiger partial charge in [-0.1, -0.05) is 0 Å². The lowest BCUT2D eigenvalue weighted by atomic mass is 10.5. The molecule has 7 nitrogen and oxygen atoms in total. The van der Waals surface area contributed by atoms with Crippen LogP contribution in [0.15, 0.2) is 6.33 Å². The fourth-order valence-electron chi connectivity index (χ4n) is 1.19. The van der Waals surface area contributed by atoms with Crippen molar-refractivity contribution < 1.29 is 4.79 Å². The highest BCUT2D eigenvalue weighted by Gasteiger charge is 2.06. The Labute approximate surface area is 85.3 Å². The summed E-state index contributed by atoms with van der Waals surface area (Å²) in [7, 11) is 0.